The van der Waals surface area contributed by atoms with Gasteiger partial charge in [0.1, 0.15) is 5.75 Å². The van der Waals surface area contributed by atoms with Crippen molar-refractivity contribution in [3.63, 3.8) is 0 Å². The number of hydrogen-bond acceptors (Lipinski definition) is 2. The van der Waals surface area contributed by atoms with Crippen molar-refractivity contribution in [3.05, 3.63) is 29.8 Å². The van der Waals surface area contributed by atoms with Gasteiger partial charge in [-0.05, 0) is 41.6 Å². The van der Waals surface area contributed by atoms with Crippen LogP contribution >= 0.6 is 11.6 Å². The molecule has 1 atom stereocenters. The van der Waals surface area contributed by atoms with Gasteiger partial charge in [0.15, 0.2) is 0 Å². The molecule has 94 valence electrons. The SMILES string of the molecule is CCCC(C)COc1ccc(CC(=O)Cl)cc1. The van der Waals surface area contributed by atoms with E-state index < -0.39 is 0 Å². The number of halogens is 1. The predicted molar refractivity (Wildman–Crippen MR) is 70.6 cm³/mol. The van der Waals surface area contributed by atoms with Crippen LogP contribution in [0.15, 0.2) is 24.3 Å². The topological polar surface area (TPSA) is 26.3 Å². The average Bonchev–Trinajstić information content (AvgIpc) is 2.28. The summed E-state index contributed by atoms with van der Waals surface area (Å²) in [6.07, 6.45) is 2.63. The van der Waals surface area contributed by atoms with Crippen LogP contribution in [0.25, 0.3) is 0 Å². The molecule has 17 heavy (non-hydrogen) atoms. The molecule has 0 aliphatic rings. The summed E-state index contributed by atoms with van der Waals surface area (Å²) in [5.41, 5.74) is 0.916. The van der Waals surface area contributed by atoms with Crippen molar-refractivity contribution in [3.8, 4) is 5.75 Å². The smallest absolute Gasteiger partial charge is 0.226 e. The van der Waals surface area contributed by atoms with Gasteiger partial charge in [0.2, 0.25) is 5.24 Å². The summed E-state index contributed by atoms with van der Waals surface area (Å²) in [6.45, 7) is 5.10. The van der Waals surface area contributed by atoms with Crippen LogP contribution in [0.4, 0.5) is 0 Å². The van der Waals surface area contributed by atoms with Crippen molar-refractivity contribution in [1.82, 2.24) is 0 Å². The van der Waals surface area contributed by atoms with E-state index in [0.29, 0.717) is 5.92 Å². The molecular formula is C14H19ClO2. The maximum atomic E-state index is 10.7. The fraction of sp³-hybridized carbons (Fsp3) is 0.500. The summed E-state index contributed by atoms with van der Waals surface area (Å²) < 4.78 is 5.66. The lowest BCUT2D eigenvalue weighted by molar-refractivity contribution is -0.111. The molecule has 0 amide bonds. The van der Waals surface area contributed by atoms with E-state index in [4.69, 9.17) is 16.3 Å². The van der Waals surface area contributed by atoms with E-state index in [9.17, 15) is 4.79 Å². The van der Waals surface area contributed by atoms with Gasteiger partial charge in [0.25, 0.3) is 0 Å². The Hall–Kier alpha value is -1.02. The van der Waals surface area contributed by atoms with Crippen molar-refractivity contribution < 1.29 is 9.53 Å². The maximum Gasteiger partial charge on any atom is 0.226 e. The van der Waals surface area contributed by atoms with Crippen molar-refractivity contribution >= 4 is 16.8 Å². The van der Waals surface area contributed by atoms with Gasteiger partial charge in [-0.2, -0.15) is 0 Å². The van der Waals surface area contributed by atoms with Crippen LogP contribution < -0.4 is 4.74 Å². The first-order chi connectivity index (χ1) is 8.11. The van der Waals surface area contributed by atoms with Gasteiger partial charge in [-0.25, -0.2) is 0 Å². The van der Waals surface area contributed by atoms with Crippen molar-refractivity contribution in [1.29, 1.82) is 0 Å². The average molecular weight is 255 g/mol. The van der Waals surface area contributed by atoms with E-state index in [0.717, 1.165) is 17.9 Å². The van der Waals surface area contributed by atoms with Gasteiger partial charge in [-0.3, -0.25) is 4.79 Å². The van der Waals surface area contributed by atoms with Crippen LogP contribution in [0.1, 0.15) is 32.3 Å². The molecule has 0 saturated heterocycles. The Morgan fingerprint density at radius 3 is 2.53 bits per heavy atom. The van der Waals surface area contributed by atoms with E-state index in [-0.39, 0.29) is 11.7 Å². The first-order valence-corrected chi connectivity index (χ1v) is 6.39. The molecule has 1 aromatic rings. The molecule has 2 nitrogen and oxygen atoms in total. The molecule has 0 aromatic heterocycles. The van der Waals surface area contributed by atoms with E-state index >= 15 is 0 Å². The largest absolute Gasteiger partial charge is 0.493 e. The molecule has 0 N–H and O–H groups in total. The first-order valence-electron chi connectivity index (χ1n) is 6.02. The lowest BCUT2D eigenvalue weighted by atomic mass is 10.1. The molecule has 0 fully saturated rings. The summed E-state index contributed by atoms with van der Waals surface area (Å²) in [6, 6.07) is 7.52. The molecule has 1 unspecified atom stereocenters. The van der Waals surface area contributed by atoms with Crippen LogP contribution in [-0.2, 0) is 11.2 Å². The third-order valence-electron chi connectivity index (χ3n) is 2.58. The first kappa shape index (κ1) is 14.0. The third-order valence-corrected chi connectivity index (χ3v) is 2.72. The Balaban J connectivity index is 2.42. The van der Waals surface area contributed by atoms with Gasteiger partial charge >= 0.3 is 0 Å². The summed E-state index contributed by atoms with van der Waals surface area (Å²) in [7, 11) is 0. The Morgan fingerprint density at radius 1 is 1.35 bits per heavy atom. The predicted octanol–water partition coefficient (Wildman–Crippen LogP) is 3.81. The minimum absolute atomic E-state index is 0.272. The molecular weight excluding hydrogens is 236 g/mol. The second-order valence-electron chi connectivity index (χ2n) is 4.38. The number of hydrogen-bond donors (Lipinski definition) is 0. The van der Waals surface area contributed by atoms with Crippen LogP contribution in [0.5, 0.6) is 5.75 Å². The minimum Gasteiger partial charge on any atom is -0.493 e. The number of carbonyl (C=O) groups excluding carboxylic acids is 1. The second-order valence-corrected chi connectivity index (χ2v) is 4.80. The Bertz CT molecular complexity index is 346. The monoisotopic (exact) mass is 254 g/mol. The maximum absolute atomic E-state index is 10.7. The van der Waals surface area contributed by atoms with Crippen LogP contribution in [-0.4, -0.2) is 11.8 Å². The second kappa shape index (κ2) is 7.33. The lowest BCUT2D eigenvalue weighted by Gasteiger charge is -2.12. The van der Waals surface area contributed by atoms with Crippen LogP contribution in [0.3, 0.4) is 0 Å². The fourth-order valence-corrected chi connectivity index (χ4v) is 1.83. The number of rotatable bonds is 7. The van der Waals surface area contributed by atoms with Crippen LogP contribution in [0.2, 0.25) is 0 Å². The molecule has 0 saturated carbocycles. The zero-order valence-corrected chi connectivity index (χ0v) is 11.2. The highest BCUT2D eigenvalue weighted by molar-refractivity contribution is 6.63. The molecule has 0 heterocycles. The van der Waals surface area contributed by atoms with E-state index in [1.807, 2.05) is 24.3 Å². The molecule has 1 aromatic carbocycles. The molecule has 3 heteroatoms. The molecule has 1 rings (SSSR count). The summed E-state index contributed by atoms with van der Waals surface area (Å²) in [5.74, 6) is 1.42. The summed E-state index contributed by atoms with van der Waals surface area (Å²) >= 11 is 5.32. The molecule has 0 aliphatic heterocycles. The van der Waals surface area contributed by atoms with E-state index in [1.165, 1.54) is 12.8 Å². The zero-order valence-electron chi connectivity index (χ0n) is 10.4. The van der Waals surface area contributed by atoms with Crippen LogP contribution in [0, 0.1) is 5.92 Å². The molecule has 0 bridgehead atoms. The number of benzene rings is 1. The minimum atomic E-state index is -0.338. The lowest BCUT2D eigenvalue weighted by Crippen LogP contribution is -2.08. The van der Waals surface area contributed by atoms with E-state index in [1.54, 1.807) is 0 Å². The standard InChI is InChI=1S/C14H19ClO2/c1-3-4-11(2)10-17-13-7-5-12(6-8-13)9-14(15)16/h5-8,11H,3-4,9-10H2,1-2H3. The normalized spacial score (nSPS) is 12.2. The third kappa shape index (κ3) is 5.73. The molecule has 0 spiro atoms. The van der Waals surface area contributed by atoms with E-state index in [2.05, 4.69) is 13.8 Å². The Morgan fingerprint density at radius 2 is 2.00 bits per heavy atom. The van der Waals surface area contributed by atoms with Gasteiger partial charge in [-0.1, -0.05) is 32.4 Å². The van der Waals surface area contributed by atoms with Crippen molar-refractivity contribution in [2.45, 2.75) is 33.1 Å². The van der Waals surface area contributed by atoms with Gasteiger partial charge in [0.05, 0.1) is 6.61 Å². The Kier molecular flexibility index (Phi) is 6.06. The quantitative estimate of drug-likeness (QED) is 0.692. The zero-order chi connectivity index (χ0) is 12.7. The highest BCUT2D eigenvalue weighted by Gasteiger charge is 2.03. The highest BCUT2D eigenvalue weighted by atomic mass is 35.5. The fourth-order valence-electron chi connectivity index (χ4n) is 1.68. The molecule has 0 aliphatic carbocycles. The van der Waals surface area contributed by atoms with Gasteiger partial charge in [-0.15, -0.1) is 0 Å². The number of ether oxygens (including phenoxy) is 1. The highest BCUT2D eigenvalue weighted by Crippen LogP contribution is 2.15. The van der Waals surface area contributed by atoms with Gasteiger partial charge < -0.3 is 4.74 Å². The van der Waals surface area contributed by atoms with Crippen molar-refractivity contribution in [2.24, 2.45) is 5.92 Å². The summed E-state index contributed by atoms with van der Waals surface area (Å²) in [5, 5.41) is -0.338. The van der Waals surface area contributed by atoms with Crippen molar-refractivity contribution in [2.75, 3.05) is 6.61 Å². The Labute approximate surface area is 108 Å². The number of carbonyl (C=O) groups is 1. The van der Waals surface area contributed by atoms with Gasteiger partial charge in [0, 0.05) is 6.42 Å². The molecule has 0 radical (unpaired) electrons. The summed E-state index contributed by atoms with van der Waals surface area (Å²) in [4.78, 5) is 10.7.